The number of nitrogens with one attached hydrogen (secondary N) is 1. The van der Waals surface area contributed by atoms with Gasteiger partial charge in [0, 0.05) is 11.6 Å². The zero-order chi connectivity index (χ0) is 14.5. The molecule has 1 aromatic rings. The van der Waals surface area contributed by atoms with Crippen LogP contribution >= 0.6 is 11.6 Å². The van der Waals surface area contributed by atoms with Crippen molar-refractivity contribution in [3.05, 3.63) is 28.8 Å². The molecule has 0 saturated heterocycles. The van der Waals surface area contributed by atoms with E-state index in [1.165, 1.54) is 7.11 Å². The minimum absolute atomic E-state index is 0.192. The molecule has 1 aromatic carbocycles. The molecule has 4 nitrogen and oxygen atoms in total. The second-order valence-electron chi connectivity index (χ2n) is 4.49. The zero-order valence-electron chi connectivity index (χ0n) is 11.6. The summed E-state index contributed by atoms with van der Waals surface area (Å²) in [6.07, 6.45) is 1.56. The van der Waals surface area contributed by atoms with Gasteiger partial charge in [0.25, 0.3) is 5.91 Å². The zero-order valence-corrected chi connectivity index (χ0v) is 12.4. The number of carbonyl (C=O) groups excluding carboxylic acids is 1. The lowest BCUT2D eigenvalue weighted by Crippen LogP contribution is -2.52. The summed E-state index contributed by atoms with van der Waals surface area (Å²) in [6, 6.07) is 4.95. The second kappa shape index (κ2) is 6.78. The van der Waals surface area contributed by atoms with E-state index in [-0.39, 0.29) is 11.4 Å². The second-order valence-corrected chi connectivity index (χ2v) is 4.93. The SMILES string of the molecule is CCC(CC)(CN)NC(=O)c1ccc(Cl)cc1OC. The van der Waals surface area contributed by atoms with E-state index in [0.29, 0.717) is 22.9 Å². The molecule has 3 N–H and O–H groups in total. The monoisotopic (exact) mass is 284 g/mol. The number of amides is 1. The molecule has 0 aliphatic rings. The van der Waals surface area contributed by atoms with E-state index in [4.69, 9.17) is 22.1 Å². The number of ether oxygens (including phenoxy) is 1. The van der Waals surface area contributed by atoms with Crippen molar-refractivity contribution in [1.29, 1.82) is 0 Å². The van der Waals surface area contributed by atoms with Gasteiger partial charge in [-0.1, -0.05) is 25.4 Å². The molecule has 1 amide bonds. The van der Waals surface area contributed by atoms with Gasteiger partial charge < -0.3 is 15.8 Å². The minimum Gasteiger partial charge on any atom is -0.496 e. The molecule has 0 saturated carbocycles. The van der Waals surface area contributed by atoms with E-state index in [2.05, 4.69) is 5.32 Å². The molecule has 1 rings (SSSR count). The molecule has 0 aliphatic carbocycles. The van der Waals surface area contributed by atoms with E-state index in [9.17, 15) is 4.79 Å². The van der Waals surface area contributed by atoms with Crippen molar-refractivity contribution in [3.63, 3.8) is 0 Å². The van der Waals surface area contributed by atoms with Crippen LogP contribution in [0.3, 0.4) is 0 Å². The minimum atomic E-state index is -0.373. The van der Waals surface area contributed by atoms with Crippen LogP contribution in [-0.4, -0.2) is 25.1 Å². The predicted octanol–water partition coefficient (Wildman–Crippen LogP) is 2.60. The standard InChI is InChI=1S/C14H21ClN2O2/c1-4-14(5-2,9-16)17-13(18)11-7-6-10(15)8-12(11)19-3/h6-8H,4-5,9,16H2,1-3H3,(H,17,18). The number of methoxy groups -OCH3 is 1. The van der Waals surface area contributed by atoms with E-state index < -0.39 is 0 Å². The Labute approximate surface area is 119 Å². The van der Waals surface area contributed by atoms with Gasteiger partial charge in [-0.3, -0.25) is 4.79 Å². The highest BCUT2D eigenvalue weighted by molar-refractivity contribution is 6.30. The first-order chi connectivity index (χ1) is 9.01. The Balaban J connectivity index is 3.01. The van der Waals surface area contributed by atoms with Crippen LogP contribution in [0.5, 0.6) is 5.75 Å². The molecule has 106 valence electrons. The van der Waals surface area contributed by atoms with Gasteiger partial charge in [0.1, 0.15) is 5.75 Å². The number of rotatable bonds is 6. The van der Waals surface area contributed by atoms with Crippen molar-refractivity contribution < 1.29 is 9.53 Å². The number of hydrogen-bond donors (Lipinski definition) is 2. The van der Waals surface area contributed by atoms with Gasteiger partial charge in [-0.05, 0) is 31.0 Å². The summed E-state index contributed by atoms with van der Waals surface area (Å²) in [4.78, 5) is 12.3. The molecule has 0 aliphatic heterocycles. The summed E-state index contributed by atoms with van der Waals surface area (Å²) in [7, 11) is 1.51. The first-order valence-corrected chi connectivity index (χ1v) is 6.75. The molecule has 0 heterocycles. The number of benzene rings is 1. The Morgan fingerprint density at radius 2 is 2.05 bits per heavy atom. The van der Waals surface area contributed by atoms with Crippen molar-refractivity contribution in [2.24, 2.45) is 5.73 Å². The normalized spacial score (nSPS) is 11.2. The third-order valence-electron chi connectivity index (χ3n) is 3.53. The third-order valence-corrected chi connectivity index (χ3v) is 3.77. The first kappa shape index (κ1) is 15.8. The fourth-order valence-corrected chi connectivity index (χ4v) is 2.09. The highest BCUT2D eigenvalue weighted by atomic mass is 35.5. The Morgan fingerprint density at radius 3 is 2.53 bits per heavy atom. The molecule has 0 radical (unpaired) electrons. The summed E-state index contributed by atoms with van der Waals surface area (Å²) in [5.41, 5.74) is 5.87. The van der Waals surface area contributed by atoms with E-state index >= 15 is 0 Å². The topological polar surface area (TPSA) is 64.3 Å². The fraction of sp³-hybridized carbons (Fsp3) is 0.500. The lowest BCUT2D eigenvalue weighted by atomic mass is 9.92. The molecule has 0 atom stereocenters. The van der Waals surface area contributed by atoms with Crippen LogP contribution in [-0.2, 0) is 0 Å². The molecule has 0 spiro atoms. The molecule has 0 fully saturated rings. The maximum atomic E-state index is 12.3. The fourth-order valence-electron chi connectivity index (χ4n) is 1.93. The lowest BCUT2D eigenvalue weighted by molar-refractivity contribution is 0.0892. The van der Waals surface area contributed by atoms with Crippen LogP contribution in [0.25, 0.3) is 0 Å². The summed E-state index contributed by atoms with van der Waals surface area (Å²) >= 11 is 5.88. The smallest absolute Gasteiger partial charge is 0.255 e. The predicted molar refractivity (Wildman–Crippen MR) is 77.8 cm³/mol. The maximum absolute atomic E-state index is 12.3. The van der Waals surface area contributed by atoms with E-state index in [1.54, 1.807) is 18.2 Å². The Bertz CT molecular complexity index is 437. The maximum Gasteiger partial charge on any atom is 0.255 e. The number of nitrogens with two attached hydrogens (primary N) is 1. The Morgan fingerprint density at radius 1 is 1.42 bits per heavy atom. The Kier molecular flexibility index (Phi) is 5.63. The summed E-state index contributed by atoms with van der Waals surface area (Å²) in [5, 5.41) is 3.53. The molecular weight excluding hydrogens is 264 g/mol. The van der Waals surface area contributed by atoms with Crippen LogP contribution in [0.1, 0.15) is 37.0 Å². The van der Waals surface area contributed by atoms with E-state index in [0.717, 1.165) is 12.8 Å². The van der Waals surface area contributed by atoms with Crippen molar-refractivity contribution >= 4 is 17.5 Å². The average Bonchev–Trinajstić information content (AvgIpc) is 2.44. The number of hydrogen-bond acceptors (Lipinski definition) is 3. The summed E-state index contributed by atoms with van der Waals surface area (Å²) < 4.78 is 5.19. The van der Waals surface area contributed by atoms with E-state index in [1.807, 2.05) is 13.8 Å². The van der Waals surface area contributed by atoms with Gasteiger partial charge in [-0.2, -0.15) is 0 Å². The van der Waals surface area contributed by atoms with Crippen LogP contribution in [0.15, 0.2) is 18.2 Å². The van der Waals surface area contributed by atoms with Crippen molar-refractivity contribution in [3.8, 4) is 5.75 Å². The molecule has 0 unspecified atom stereocenters. The molecule has 0 aromatic heterocycles. The van der Waals surface area contributed by atoms with Crippen LogP contribution < -0.4 is 15.8 Å². The first-order valence-electron chi connectivity index (χ1n) is 6.38. The number of carbonyl (C=O) groups is 1. The quantitative estimate of drug-likeness (QED) is 0.844. The molecular formula is C14H21ClN2O2. The van der Waals surface area contributed by atoms with Crippen molar-refractivity contribution in [2.45, 2.75) is 32.2 Å². The average molecular weight is 285 g/mol. The summed E-state index contributed by atoms with van der Waals surface area (Å²) in [6.45, 7) is 4.42. The van der Waals surface area contributed by atoms with Gasteiger partial charge in [0.2, 0.25) is 0 Å². The summed E-state index contributed by atoms with van der Waals surface area (Å²) in [5.74, 6) is 0.269. The third kappa shape index (κ3) is 3.61. The molecule has 19 heavy (non-hydrogen) atoms. The largest absolute Gasteiger partial charge is 0.496 e. The van der Waals surface area contributed by atoms with Crippen molar-refractivity contribution in [1.82, 2.24) is 5.32 Å². The highest BCUT2D eigenvalue weighted by Crippen LogP contribution is 2.24. The highest BCUT2D eigenvalue weighted by Gasteiger charge is 2.27. The van der Waals surface area contributed by atoms with Crippen LogP contribution in [0, 0.1) is 0 Å². The lowest BCUT2D eigenvalue weighted by Gasteiger charge is -2.31. The number of halogens is 1. The molecule has 5 heteroatoms. The van der Waals surface area contributed by atoms with Gasteiger partial charge >= 0.3 is 0 Å². The van der Waals surface area contributed by atoms with Gasteiger partial charge in [-0.25, -0.2) is 0 Å². The Hall–Kier alpha value is -1.26. The van der Waals surface area contributed by atoms with Gasteiger partial charge in [0.05, 0.1) is 18.2 Å². The van der Waals surface area contributed by atoms with Crippen LogP contribution in [0.4, 0.5) is 0 Å². The van der Waals surface area contributed by atoms with Gasteiger partial charge in [0.15, 0.2) is 0 Å². The van der Waals surface area contributed by atoms with Crippen LogP contribution in [0.2, 0.25) is 5.02 Å². The van der Waals surface area contributed by atoms with Crippen molar-refractivity contribution in [2.75, 3.05) is 13.7 Å². The van der Waals surface area contributed by atoms with Gasteiger partial charge in [-0.15, -0.1) is 0 Å². The molecule has 0 bridgehead atoms.